The van der Waals surface area contributed by atoms with Crippen LogP contribution < -0.4 is 0 Å². The Morgan fingerprint density at radius 3 is 1.89 bits per heavy atom. The van der Waals surface area contributed by atoms with Crippen LogP contribution in [0.5, 0.6) is 0 Å². The number of hydrogen-bond donors (Lipinski definition) is 1. The van der Waals surface area contributed by atoms with E-state index in [-0.39, 0.29) is 17.7 Å². The number of hydrogen-bond acceptors (Lipinski definition) is 2. The Labute approximate surface area is 104 Å². The quantitative estimate of drug-likeness (QED) is 0.782. The molecule has 1 atom stereocenters. The summed E-state index contributed by atoms with van der Waals surface area (Å²) in [5, 5.41) is 3.54. The molecule has 0 saturated carbocycles. The van der Waals surface area contributed by atoms with Crippen LogP contribution in [-0.4, -0.2) is 0 Å². The monoisotopic (exact) mass is 246 g/mol. The third kappa shape index (κ3) is 2.97. The lowest BCUT2D eigenvalue weighted by molar-refractivity contribution is 0.617. The first kappa shape index (κ1) is 12.4. The fourth-order valence-corrected chi connectivity index (χ4v) is 1.77. The molecule has 18 heavy (non-hydrogen) atoms. The lowest BCUT2D eigenvalue weighted by Gasteiger charge is -2.11. The zero-order valence-corrected chi connectivity index (χ0v) is 9.61. The van der Waals surface area contributed by atoms with E-state index in [0.29, 0.717) is 6.42 Å². The minimum atomic E-state index is -0.365. The average molecular weight is 246 g/mol. The molecule has 92 valence electrons. The smallest absolute Gasteiger partial charge is 0.123 e. The molecule has 2 aromatic rings. The Kier molecular flexibility index (Phi) is 3.77. The van der Waals surface area contributed by atoms with Crippen molar-refractivity contribution in [2.45, 2.75) is 12.5 Å². The van der Waals surface area contributed by atoms with Crippen molar-refractivity contribution in [3.8, 4) is 0 Å². The molecule has 1 N–H and O–H groups in total. The largest absolute Gasteiger partial charge is 0.209 e. The van der Waals surface area contributed by atoms with Gasteiger partial charge in [0.05, 0.1) is 6.04 Å². The van der Waals surface area contributed by atoms with Crippen molar-refractivity contribution in [1.82, 2.24) is 0 Å². The summed E-state index contributed by atoms with van der Waals surface area (Å²) in [5.74, 6) is -0.607. The van der Waals surface area contributed by atoms with Crippen LogP contribution in [-0.2, 0) is 6.42 Å². The van der Waals surface area contributed by atoms with Gasteiger partial charge in [-0.3, -0.25) is 0 Å². The molecule has 0 heterocycles. The molecule has 0 amide bonds. The van der Waals surface area contributed by atoms with E-state index in [2.05, 4.69) is 5.11 Å². The fourth-order valence-electron chi connectivity index (χ4n) is 1.77. The number of halogens is 2. The van der Waals surface area contributed by atoms with Crippen molar-refractivity contribution in [3.05, 3.63) is 71.3 Å². The molecule has 0 aromatic heterocycles. The van der Waals surface area contributed by atoms with Crippen LogP contribution in [0.15, 0.2) is 53.6 Å². The lowest BCUT2D eigenvalue weighted by atomic mass is 9.99. The van der Waals surface area contributed by atoms with Crippen molar-refractivity contribution >= 4 is 0 Å². The van der Waals surface area contributed by atoms with Crippen molar-refractivity contribution in [2.24, 2.45) is 5.11 Å². The van der Waals surface area contributed by atoms with Crippen LogP contribution in [0.4, 0.5) is 8.78 Å². The first-order chi connectivity index (χ1) is 8.69. The average Bonchev–Trinajstić information content (AvgIpc) is 2.39. The van der Waals surface area contributed by atoms with Gasteiger partial charge < -0.3 is 0 Å². The molecule has 0 aliphatic rings. The first-order valence-electron chi connectivity index (χ1n) is 5.55. The molecule has 0 spiro atoms. The number of benzene rings is 2. The zero-order valence-electron chi connectivity index (χ0n) is 9.61. The minimum absolute atomic E-state index is 0.292. The lowest BCUT2D eigenvalue weighted by Crippen LogP contribution is -1.99. The zero-order chi connectivity index (χ0) is 13.0. The Bertz CT molecular complexity index is 520. The highest BCUT2D eigenvalue weighted by molar-refractivity contribution is 5.24. The van der Waals surface area contributed by atoms with Crippen molar-refractivity contribution < 1.29 is 8.78 Å². The minimum Gasteiger partial charge on any atom is -0.209 e. The molecule has 2 aromatic carbocycles. The summed E-state index contributed by atoms with van der Waals surface area (Å²) in [6.45, 7) is 0. The van der Waals surface area contributed by atoms with E-state index in [0.717, 1.165) is 11.1 Å². The summed E-state index contributed by atoms with van der Waals surface area (Å²) in [7, 11) is 0. The molecule has 2 nitrogen and oxygen atoms in total. The maximum absolute atomic E-state index is 12.8. The number of rotatable bonds is 4. The van der Waals surface area contributed by atoms with Gasteiger partial charge in [0, 0.05) is 6.42 Å². The number of nitrogens with one attached hydrogen (secondary N) is 1. The Hall–Kier alpha value is -2.10. The molecule has 0 aliphatic heterocycles. The van der Waals surface area contributed by atoms with Gasteiger partial charge in [-0.25, -0.2) is 14.3 Å². The van der Waals surface area contributed by atoms with Gasteiger partial charge in [0.2, 0.25) is 0 Å². The summed E-state index contributed by atoms with van der Waals surface area (Å²) >= 11 is 0. The normalized spacial score (nSPS) is 12.1. The third-order valence-electron chi connectivity index (χ3n) is 2.75. The van der Waals surface area contributed by atoms with Gasteiger partial charge in [-0.1, -0.05) is 24.3 Å². The van der Waals surface area contributed by atoms with Crippen LogP contribution >= 0.6 is 0 Å². The van der Waals surface area contributed by atoms with Gasteiger partial charge in [0.25, 0.3) is 0 Å². The van der Waals surface area contributed by atoms with Crippen molar-refractivity contribution in [3.63, 3.8) is 0 Å². The van der Waals surface area contributed by atoms with Crippen LogP contribution in [0.3, 0.4) is 0 Å². The summed E-state index contributed by atoms with van der Waals surface area (Å²) in [4.78, 5) is 0. The summed E-state index contributed by atoms with van der Waals surface area (Å²) in [5.41, 5.74) is 8.86. The summed E-state index contributed by atoms with van der Waals surface area (Å²) in [6, 6.07) is 11.6. The first-order valence-corrected chi connectivity index (χ1v) is 5.55. The molecule has 0 radical (unpaired) electrons. The Morgan fingerprint density at radius 1 is 0.889 bits per heavy atom. The second-order valence-corrected chi connectivity index (χ2v) is 4.03. The van der Waals surface area contributed by atoms with Gasteiger partial charge in [0.15, 0.2) is 0 Å². The topological polar surface area (TPSA) is 36.2 Å². The SMILES string of the molecule is N=NC(Cc1ccc(F)cc1)c1ccc(F)cc1. The second kappa shape index (κ2) is 5.49. The van der Waals surface area contributed by atoms with E-state index in [1.54, 1.807) is 24.3 Å². The summed E-state index contributed by atoms with van der Waals surface area (Å²) in [6.07, 6.45) is 0.495. The van der Waals surface area contributed by atoms with Gasteiger partial charge in [-0.2, -0.15) is 5.11 Å². The Balaban J connectivity index is 2.16. The molecule has 0 aliphatic carbocycles. The van der Waals surface area contributed by atoms with Crippen molar-refractivity contribution in [2.75, 3.05) is 0 Å². The summed E-state index contributed by atoms with van der Waals surface area (Å²) < 4.78 is 25.6. The molecule has 1 unspecified atom stereocenters. The Morgan fingerprint density at radius 2 is 1.39 bits per heavy atom. The van der Waals surface area contributed by atoms with E-state index in [9.17, 15) is 8.78 Å². The van der Waals surface area contributed by atoms with Crippen LogP contribution in [0.1, 0.15) is 17.2 Å². The molecule has 4 heteroatoms. The maximum Gasteiger partial charge on any atom is 0.123 e. The molecule has 0 fully saturated rings. The van der Waals surface area contributed by atoms with E-state index in [4.69, 9.17) is 5.53 Å². The predicted octanol–water partition coefficient (Wildman–Crippen LogP) is 4.28. The standard InChI is InChI=1S/C14H12F2N2/c15-12-5-1-10(2-6-12)9-14(18-17)11-3-7-13(16)8-4-11/h1-8,14,17H,9H2. The highest BCUT2D eigenvalue weighted by atomic mass is 19.1. The van der Waals surface area contributed by atoms with Crippen LogP contribution in [0.25, 0.3) is 0 Å². The van der Waals surface area contributed by atoms with Gasteiger partial charge >= 0.3 is 0 Å². The van der Waals surface area contributed by atoms with Crippen molar-refractivity contribution in [1.29, 1.82) is 5.53 Å². The molecule has 2 rings (SSSR count). The molecule has 0 bridgehead atoms. The van der Waals surface area contributed by atoms with E-state index >= 15 is 0 Å². The van der Waals surface area contributed by atoms with Crippen LogP contribution in [0.2, 0.25) is 0 Å². The highest BCUT2D eigenvalue weighted by Gasteiger charge is 2.11. The fraction of sp³-hybridized carbons (Fsp3) is 0.143. The molecule has 0 saturated heterocycles. The van der Waals surface area contributed by atoms with E-state index in [1.165, 1.54) is 24.3 Å². The second-order valence-electron chi connectivity index (χ2n) is 4.03. The number of nitrogens with zero attached hydrogens (tertiary/aromatic N) is 1. The highest BCUT2D eigenvalue weighted by Crippen LogP contribution is 2.22. The van der Waals surface area contributed by atoms with E-state index in [1.807, 2.05) is 0 Å². The van der Waals surface area contributed by atoms with Gasteiger partial charge in [0.1, 0.15) is 11.6 Å². The third-order valence-corrected chi connectivity index (χ3v) is 2.75. The molecular weight excluding hydrogens is 234 g/mol. The molecular formula is C14H12F2N2. The van der Waals surface area contributed by atoms with Gasteiger partial charge in [-0.05, 0) is 35.4 Å². The van der Waals surface area contributed by atoms with E-state index < -0.39 is 0 Å². The maximum atomic E-state index is 12.8. The van der Waals surface area contributed by atoms with Crippen LogP contribution in [0, 0.1) is 17.2 Å². The predicted molar refractivity (Wildman–Crippen MR) is 64.4 cm³/mol. The van der Waals surface area contributed by atoms with Gasteiger partial charge in [-0.15, -0.1) is 0 Å².